The Balaban J connectivity index is 1.28. The van der Waals surface area contributed by atoms with Crippen LogP contribution < -0.4 is 0 Å². The van der Waals surface area contributed by atoms with E-state index in [1.54, 1.807) is 0 Å². The molecule has 0 saturated carbocycles. The van der Waals surface area contributed by atoms with Crippen LogP contribution in [0.15, 0.2) is 218 Å². The fourth-order valence-corrected chi connectivity index (χ4v) is 12.2. The Kier molecular flexibility index (Phi) is 6.77. The van der Waals surface area contributed by atoms with E-state index < -0.39 is 0 Å². The summed E-state index contributed by atoms with van der Waals surface area (Å²) in [5, 5.41) is 26.5. The molecule has 0 aromatic heterocycles. The average Bonchev–Trinajstić information content (AvgIpc) is 3.87. The highest BCUT2D eigenvalue weighted by molar-refractivity contribution is 6.53. The van der Waals surface area contributed by atoms with Crippen molar-refractivity contribution in [2.45, 2.75) is 0 Å². The van der Waals surface area contributed by atoms with E-state index in [2.05, 4.69) is 218 Å². The molecular formula is C64H36. The van der Waals surface area contributed by atoms with Crippen molar-refractivity contribution in [3.8, 4) is 44.5 Å². The van der Waals surface area contributed by atoms with E-state index in [0.717, 1.165) is 0 Å². The van der Waals surface area contributed by atoms with E-state index in [0.29, 0.717) is 0 Å². The fourth-order valence-electron chi connectivity index (χ4n) is 12.2. The van der Waals surface area contributed by atoms with Crippen LogP contribution in [0, 0.1) is 0 Å². The minimum absolute atomic E-state index is 1.23. The third kappa shape index (κ3) is 4.37. The molecule has 0 aliphatic heterocycles. The molecule has 0 radical (unpaired) electrons. The van der Waals surface area contributed by atoms with E-state index in [1.807, 2.05) is 0 Å². The van der Waals surface area contributed by atoms with Crippen LogP contribution in [0.4, 0.5) is 0 Å². The van der Waals surface area contributed by atoms with Crippen molar-refractivity contribution in [2.75, 3.05) is 0 Å². The van der Waals surface area contributed by atoms with Crippen molar-refractivity contribution < 1.29 is 0 Å². The molecule has 0 atom stereocenters. The van der Waals surface area contributed by atoms with Gasteiger partial charge in [0.2, 0.25) is 0 Å². The highest BCUT2D eigenvalue weighted by Gasteiger charge is 2.29. The number of rotatable bonds is 4. The van der Waals surface area contributed by atoms with Gasteiger partial charge in [-0.15, -0.1) is 0 Å². The molecule has 0 aliphatic rings. The number of benzene rings is 13. The molecule has 0 unspecified atom stereocenters. The van der Waals surface area contributed by atoms with Crippen LogP contribution >= 0.6 is 0 Å². The molecule has 0 bridgehead atoms. The second-order valence-corrected chi connectivity index (χ2v) is 17.7. The molecule has 15 aromatic rings. The molecule has 0 saturated heterocycles. The van der Waals surface area contributed by atoms with Gasteiger partial charge in [-0.25, -0.2) is 0 Å². The zero-order chi connectivity index (χ0) is 41.6. The van der Waals surface area contributed by atoms with Crippen LogP contribution in [0.3, 0.4) is 0 Å². The summed E-state index contributed by atoms with van der Waals surface area (Å²) in [5.41, 5.74) is 10.0. The first kappa shape index (κ1) is 34.3. The molecular weight excluding hydrogens is 769 g/mol. The molecule has 0 nitrogen and oxygen atoms in total. The van der Waals surface area contributed by atoms with Crippen LogP contribution in [0.1, 0.15) is 0 Å². The van der Waals surface area contributed by atoms with E-state index in [1.165, 1.54) is 152 Å². The Morgan fingerprint density at radius 2 is 0.578 bits per heavy atom. The van der Waals surface area contributed by atoms with Crippen molar-refractivity contribution >= 4 is 108 Å². The first-order chi connectivity index (χ1) is 31.8. The summed E-state index contributed by atoms with van der Waals surface area (Å²) < 4.78 is 0. The lowest BCUT2D eigenvalue weighted by Gasteiger charge is -2.21. The van der Waals surface area contributed by atoms with Gasteiger partial charge >= 0.3 is 0 Å². The Morgan fingerprint density at radius 1 is 0.172 bits per heavy atom. The molecule has 0 fully saturated rings. The average molecular weight is 805 g/mol. The van der Waals surface area contributed by atoms with E-state index in [4.69, 9.17) is 0 Å². The van der Waals surface area contributed by atoms with Crippen molar-refractivity contribution in [1.29, 1.82) is 0 Å². The van der Waals surface area contributed by atoms with E-state index in [-0.39, 0.29) is 0 Å². The maximum atomic E-state index is 2.58. The van der Waals surface area contributed by atoms with Crippen LogP contribution in [-0.2, 0) is 0 Å². The van der Waals surface area contributed by atoms with Gasteiger partial charge < -0.3 is 0 Å². The van der Waals surface area contributed by atoms with Gasteiger partial charge in [0.15, 0.2) is 0 Å². The summed E-state index contributed by atoms with van der Waals surface area (Å²) in [7, 11) is 0. The Hall–Kier alpha value is -8.32. The molecule has 15 rings (SSSR count). The standard InChI is InChI=1S/C64H36/c1-5-16-37(17-6-1)42-30-33-49-56-45(42)27-15-29-48(56)61-59-47-28-14-25-40-24-13-26-46(54(40)47)52(59)36-53-55(41-22-11-4-12-23-41)60-50-34-31-43(38-18-7-2-8-19-38)57-44(39-20-9-3-10-21-39)32-35-51(58(50)57)63(60)62(49)64(53)61/h1-36H. The summed E-state index contributed by atoms with van der Waals surface area (Å²) >= 11 is 0. The van der Waals surface area contributed by atoms with Crippen LogP contribution in [-0.4, -0.2) is 0 Å². The lowest BCUT2D eigenvalue weighted by molar-refractivity contribution is 1.64. The molecule has 0 N–H and O–H groups in total. The van der Waals surface area contributed by atoms with Gasteiger partial charge in [0.1, 0.15) is 0 Å². The lowest BCUT2D eigenvalue weighted by Crippen LogP contribution is -1.93. The Morgan fingerprint density at radius 3 is 1.20 bits per heavy atom. The van der Waals surface area contributed by atoms with Crippen LogP contribution in [0.2, 0.25) is 0 Å². The summed E-state index contributed by atoms with van der Waals surface area (Å²) in [6, 6.07) is 82.1. The van der Waals surface area contributed by atoms with Crippen molar-refractivity contribution in [1.82, 2.24) is 0 Å². The molecule has 292 valence electrons. The summed E-state index contributed by atoms with van der Waals surface area (Å²) in [6.45, 7) is 0. The lowest BCUT2D eigenvalue weighted by atomic mass is 9.81. The first-order valence-corrected chi connectivity index (χ1v) is 22.4. The van der Waals surface area contributed by atoms with Gasteiger partial charge in [-0.2, -0.15) is 0 Å². The Labute approximate surface area is 368 Å². The number of hydrogen-bond acceptors (Lipinski definition) is 0. The van der Waals surface area contributed by atoms with Crippen LogP contribution in [0.25, 0.3) is 152 Å². The second kappa shape index (κ2) is 12.6. The highest BCUT2D eigenvalue weighted by atomic mass is 14.3. The summed E-state index contributed by atoms with van der Waals surface area (Å²) in [5.74, 6) is 0. The normalized spacial score (nSPS) is 12.4. The molecule has 64 heavy (non-hydrogen) atoms. The largest absolute Gasteiger partial charge is 0.0622 e. The van der Waals surface area contributed by atoms with Crippen molar-refractivity contribution in [3.63, 3.8) is 0 Å². The monoisotopic (exact) mass is 804 g/mol. The molecule has 0 heterocycles. The van der Waals surface area contributed by atoms with Gasteiger partial charge in [-0.3, -0.25) is 0 Å². The number of fused-ring (bicyclic) bond motifs is 10. The number of hydrogen-bond donors (Lipinski definition) is 0. The quantitative estimate of drug-likeness (QED) is 0.123. The Bertz CT molecular complexity index is 4310. The van der Waals surface area contributed by atoms with E-state index >= 15 is 0 Å². The van der Waals surface area contributed by atoms with Gasteiger partial charge in [-0.1, -0.05) is 212 Å². The zero-order valence-electron chi connectivity index (χ0n) is 34.8. The molecule has 0 heteroatoms. The maximum absolute atomic E-state index is 2.58. The van der Waals surface area contributed by atoms with Gasteiger partial charge in [0.05, 0.1) is 0 Å². The smallest absolute Gasteiger partial charge is 0.000673 e. The minimum atomic E-state index is 1.23. The highest BCUT2D eigenvalue weighted by Crippen LogP contribution is 2.58. The molecule has 15 aromatic carbocycles. The predicted octanol–water partition coefficient (Wildman–Crippen LogP) is 18.2. The molecule has 0 spiro atoms. The van der Waals surface area contributed by atoms with Crippen LogP contribution in [0.5, 0.6) is 0 Å². The third-order valence-corrected chi connectivity index (χ3v) is 14.7. The van der Waals surface area contributed by atoms with Gasteiger partial charge in [-0.05, 0) is 158 Å². The fraction of sp³-hybridized carbons (Fsp3) is 0. The third-order valence-electron chi connectivity index (χ3n) is 14.7. The summed E-state index contributed by atoms with van der Waals surface area (Å²) in [6.07, 6.45) is 0. The van der Waals surface area contributed by atoms with E-state index in [9.17, 15) is 0 Å². The van der Waals surface area contributed by atoms with Gasteiger partial charge in [0, 0.05) is 0 Å². The molecule has 0 aliphatic carbocycles. The maximum Gasteiger partial charge on any atom is -0.000673 e. The topological polar surface area (TPSA) is 0 Å². The zero-order valence-corrected chi connectivity index (χ0v) is 34.8. The van der Waals surface area contributed by atoms with Crippen molar-refractivity contribution in [3.05, 3.63) is 218 Å². The predicted molar refractivity (Wildman–Crippen MR) is 277 cm³/mol. The first-order valence-electron chi connectivity index (χ1n) is 22.4. The molecule has 0 amide bonds. The summed E-state index contributed by atoms with van der Waals surface area (Å²) in [4.78, 5) is 0. The van der Waals surface area contributed by atoms with Gasteiger partial charge in [0.25, 0.3) is 0 Å². The van der Waals surface area contributed by atoms with Crippen molar-refractivity contribution in [2.24, 2.45) is 0 Å². The SMILES string of the molecule is c1ccc(-c2ccc3c4c2cccc4c2c4c(cc5c(-c6ccccc6)c6c7ccc(-c8ccccc8)c8c(-c9ccccc9)ccc(c87)c6c3c52)c2cccc3cccc4c32)cc1. The minimum Gasteiger partial charge on any atom is -0.0622 e. The second-order valence-electron chi connectivity index (χ2n) is 17.7.